The summed E-state index contributed by atoms with van der Waals surface area (Å²) in [5.74, 6) is 2.71. The molecule has 15 heavy (non-hydrogen) atoms. The summed E-state index contributed by atoms with van der Waals surface area (Å²) < 4.78 is 2.50. The topological polar surface area (TPSA) is 0 Å². The molecule has 0 fully saturated rings. The molecule has 0 aromatic heterocycles. The predicted octanol–water partition coefficient (Wildman–Crippen LogP) is 1.07. The van der Waals surface area contributed by atoms with E-state index in [0.717, 1.165) is 17.4 Å². The van der Waals surface area contributed by atoms with Gasteiger partial charge in [0.05, 0.1) is 0 Å². The molecule has 2 heteroatoms. The van der Waals surface area contributed by atoms with Crippen LogP contribution in [0.5, 0.6) is 0 Å². The van der Waals surface area contributed by atoms with Crippen LogP contribution in [-0.2, 0) is 0 Å². The van der Waals surface area contributed by atoms with E-state index in [9.17, 15) is 0 Å². The van der Waals surface area contributed by atoms with Crippen LogP contribution in [0.25, 0.3) is 0 Å². The number of rotatable bonds is 5. The summed E-state index contributed by atoms with van der Waals surface area (Å²) in [6.45, 7) is 1.07. The molecule has 0 heterocycles. The normalized spacial score (nSPS) is 11.0. The van der Waals surface area contributed by atoms with E-state index in [-0.39, 0.29) is 0 Å². The van der Waals surface area contributed by atoms with Gasteiger partial charge in [0.2, 0.25) is 0 Å². The molecular weight excluding hydrogens is 249 g/mol. The fraction of sp³-hybridized carbons (Fsp3) is 0.385. The average Bonchev–Trinajstić information content (AvgIpc) is 2.25. The van der Waals surface area contributed by atoms with E-state index in [1.54, 1.807) is 0 Å². The van der Waals surface area contributed by atoms with Crippen molar-refractivity contribution in [2.24, 2.45) is 0 Å². The van der Waals surface area contributed by atoms with Crippen LogP contribution in [0.15, 0.2) is 30.3 Å². The van der Waals surface area contributed by atoms with Crippen molar-refractivity contribution in [2.75, 3.05) is 26.1 Å². The van der Waals surface area contributed by atoms with Gasteiger partial charge in [0.15, 0.2) is 0 Å². The Kier molecular flexibility index (Phi) is 4.91. The minimum atomic E-state index is 0.555. The van der Waals surface area contributed by atoms with Crippen molar-refractivity contribution in [3.05, 3.63) is 30.3 Å². The van der Waals surface area contributed by atoms with E-state index in [1.807, 2.05) is 0 Å². The Labute approximate surface area is 99.2 Å². The molecule has 0 aliphatic heterocycles. The molecule has 0 saturated carbocycles. The fourth-order valence-corrected chi connectivity index (χ4v) is 3.25. The first-order valence-corrected chi connectivity index (χ1v) is 7.14. The van der Waals surface area contributed by atoms with Gasteiger partial charge in [-0.2, -0.15) is 0 Å². The molecule has 80 valence electrons. The maximum atomic E-state index is 5.29. The summed E-state index contributed by atoms with van der Waals surface area (Å²) in [5, 5.41) is 0. The Morgan fingerprint density at radius 1 is 1.27 bits per heavy atom. The fourth-order valence-electron chi connectivity index (χ4n) is 1.20. The Morgan fingerprint density at radius 3 is 2.53 bits per heavy atom. The number of terminal acetylenes is 1. The van der Waals surface area contributed by atoms with Gasteiger partial charge in [0, 0.05) is 0 Å². The molecule has 1 aromatic rings. The summed E-state index contributed by atoms with van der Waals surface area (Å²) in [6.07, 6.45) is 6.16. The van der Waals surface area contributed by atoms with Crippen LogP contribution in [0.2, 0.25) is 0 Å². The van der Waals surface area contributed by atoms with Crippen LogP contribution >= 0.6 is 0 Å². The third-order valence-electron chi connectivity index (χ3n) is 2.19. The Bertz CT molecular complexity index is 324. The van der Waals surface area contributed by atoms with Crippen molar-refractivity contribution in [1.82, 2.24) is 0 Å². The van der Waals surface area contributed by atoms with Gasteiger partial charge in [0.1, 0.15) is 0 Å². The van der Waals surface area contributed by atoms with Crippen LogP contribution in [0, 0.1) is 12.3 Å². The van der Waals surface area contributed by atoms with Crippen LogP contribution in [0.1, 0.15) is 6.42 Å². The third-order valence-corrected chi connectivity index (χ3v) is 5.19. The second kappa shape index (κ2) is 5.98. The number of hydrogen-bond donors (Lipinski definition) is 0. The molecule has 1 nitrogen and oxygen atoms in total. The number of quaternary nitrogens is 1. The van der Waals surface area contributed by atoms with E-state index >= 15 is 0 Å². The first kappa shape index (κ1) is 12.3. The first-order chi connectivity index (χ1) is 7.14. The molecule has 0 N–H and O–H groups in total. The summed E-state index contributed by atoms with van der Waals surface area (Å²) in [4.78, 5) is 0. The van der Waals surface area contributed by atoms with E-state index in [0.29, 0.717) is 15.0 Å². The monoisotopic (exact) mass is 268 g/mol. The van der Waals surface area contributed by atoms with Crippen LogP contribution in [0.4, 0.5) is 0 Å². The summed E-state index contributed by atoms with van der Waals surface area (Å²) in [7, 11) is 4.50. The molecule has 0 unspecified atom stereocenters. The molecule has 0 amide bonds. The van der Waals surface area contributed by atoms with Gasteiger partial charge in [0.25, 0.3) is 0 Å². The Hall–Kier alpha value is -0.741. The summed E-state index contributed by atoms with van der Waals surface area (Å²) >= 11 is 0.555. The zero-order chi connectivity index (χ0) is 11.1. The van der Waals surface area contributed by atoms with Gasteiger partial charge in [-0.1, -0.05) is 0 Å². The van der Waals surface area contributed by atoms with Gasteiger partial charge in [-0.05, 0) is 0 Å². The van der Waals surface area contributed by atoms with Crippen LogP contribution in [0.3, 0.4) is 0 Å². The average molecular weight is 267 g/mol. The van der Waals surface area contributed by atoms with Crippen LogP contribution < -0.4 is 4.46 Å². The van der Waals surface area contributed by atoms with E-state index in [2.05, 4.69) is 50.3 Å². The van der Waals surface area contributed by atoms with Crippen LogP contribution in [-0.4, -0.2) is 45.5 Å². The third kappa shape index (κ3) is 5.04. The quantitative estimate of drug-likeness (QED) is 0.425. The Morgan fingerprint density at radius 2 is 1.93 bits per heavy atom. The van der Waals surface area contributed by atoms with E-state index in [1.165, 1.54) is 9.91 Å². The van der Waals surface area contributed by atoms with Crippen molar-refractivity contribution in [3.8, 4) is 12.3 Å². The van der Waals surface area contributed by atoms with Crippen molar-refractivity contribution >= 4 is 19.4 Å². The van der Waals surface area contributed by atoms with Crippen molar-refractivity contribution in [1.29, 1.82) is 0 Å². The zero-order valence-electron chi connectivity index (χ0n) is 9.44. The van der Waals surface area contributed by atoms with Gasteiger partial charge >= 0.3 is 99.1 Å². The molecule has 0 radical (unpaired) electrons. The molecule has 0 saturated heterocycles. The van der Waals surface area contributed by atoms with Crippen molar-refractivity contribution in [3.63, 3.8) is 0 Å². The van der Waals surface area contributed by atoms with Gasteiger partial charge in [-0.25, -0.2) is 0 Å². The standard InChI is InChI=1S/C13H18NSe/c1-4-5-11-14(2,3)12-15-13-9-7-6-8-10-13/h1,6-10H,5,11-12H2,2-3H3/q+1. The van der Waals surface area contributed by atoms with Crippen molar-refractivity contribution < 1.29 is 4.48 Å². The number of hydrogen-bond acceptors (Lipinski definition) is 0. The van der Waals surface area contributed by atoms with Gasteiger partial charge < -0.3 is 0 Å². The SMILES string of the molecule is C#CCC[N+](C)(C)C[Se]c1ccccc1. The number of benzene rings is 1. The summed E-state index contributed by atoms with van der Waals surface area (Å²) in [6, 6.07) is 10.7. The first-order valence-electron chi connectivity index (χ1n) is 5.07. The van der Waals surface area contributed by atoms with E-state index < -0.39 is 0 Å². The molecule has 0 spiro atoms. The summed E-state index contributed by atoms with van der Waals surface area (Å²) in [5.41, 5.74) is 1.21. The minimum absolute atomic E-state index is 0.555. The van der Waals surface area contributed by atoms with Gasteiger partial charge in [-0.3, -0.25) is 0 Å². The predicted molar refractivity (Wildman–Crippen MR) is 67.1 cm³/mol. The molecule has 1 aromatic carbocycles. The zero-order valence-corrected chi connectivity index (χ0v) is 11.2. The molecule has 0 aliphatic carbocycles. The molecule has 0 atom stereocenters. The molecule has 0 aliphatic rings. The second-order valence-corrected chi connectivity index (χ2v) is 6.34. The van der Waals surface area contributed by atoms with Crippen molar-refractivity contribution in [2.45, 2.75) is 6.42 Å². The molecular formula is C13H18NSe+. The maximum absolute atomic E-state index is 5.29. The molecule has 0 bridgehead atoms. The second-order valence-electron chi connectivity index (χ2n) is 4.20. The van der Waals surface area contributed by atoms with Gasteiger partial charge in [-0.15, -0.1) is 0 Å². The van der Waals surface area contributed by atoms with E-state index in [4.69, 9.17) is 6.42 Å². The Balaban J connectivity index is 2.40. The molecule has 1 rings (SSSR count). The number of nitrogens with zero attached hydrogens (tertiary/aromatic N) is 1.